The van der Waals surface area contributed by atoms with Crippen LogP contribution in [0.1, 0.15) is 20.8 Å². The van der Waals surface area contributed by atoms with Crippen LogP contribution in [0.15, 0.2) is 12.7 Å². The average Bonchev–Trinajstić information content (AvgIpc) is 3.02. The quantitative estimate of drug-likeness (QED) is 0.129. The van der Waals surface area contributed by atoms with E-state index in [1.807, 2.05) is 0 Å². The zero-order chi connectivity index (χ0) is 21.4. The highest BCUT2D eigenvalue weighted by Gasteiger charge is 2.24. The van der Waals surface area contributed by atoms with Crippen molar-refractivity contribution in [2.45, 2.75) is 39.5 Å². The normalized spacial score (nSPS) is 14.7. The number of hydrogen-bond donors (Lipinski definition) is 2. The van der Waals surface area contributed by atoms with Crippen LogP contribution in [0, 0.1) is 0 Å². The smallest absolute Gasteiger partial charge is 0.432 e. The first-order chi connectivity index (χ1) is 13.7. The van der Waals surface area contributed by atoms with Crippen LogP contribution in [0.3, 0.4) is 0 Å². The van der Waals surface area contributed by atoms with Gasteiger partial charge in [-0.05, 0) is 20.8 Å². The topological polar surface area (TPSA) is 179 Å². The van der Waals surface area contributed by atoms with E-state index in [9.17, 15) is 14.3 Å². The van der Waals surface area contributed by atoms with Crippen LogP contribution in [0.5, 0.6) is 0 Å². The van der Waals surface area contributed by atoms with Crippen molar-refractivity contribution in [2.24, 2.45) is 0 Å². The minimum Gasteiger partial charge on any atom is -0.432 e. The minimum atomic E-state index is -4.62. The molecule has 0 aliphatic heterocycles. The van der Waals surface area contributed by atoms with E-state index in [2.05, 4.69) is 38.5 Å². The summed E-state index contributed by atoms with van der Waals surface area (Å²) in [5.74, 6) is 0.263. The van der Waals surface area contributed by atoms with Gasteiger partial charge in [0.25, 0.3) is 0 Å². The summed E-state index contributed by atoms with van der Waals surface area (Å²) in [6.45, 7) is 3.94. The zero-order valence-electron chi connectivity index (χ0n) is 16.0. The highest BCUT2D eigenvalue weighted by atomic mass is 31.2. The number of nitrogens with two attached hydrogens (primary N) is 1. The first kappa shape index (κ1) is 22.9. The monoisotopic (exact) mass is 435 g/mol. The van der Waals surface area contributed by atoms with Crippen LogP contribution in [0.2, 0.25) is 0 Å². The Morgan fingerprint density at radius 2 is 2.03 bits per heavy atom. The fraction of sp³-hybridized carbons (Fsp3) is 0.571. The maximum Gasteiger partial charge on any atom is 0.510 e. The molecule has 0 aromatic carbocycles. The SMILES string of the molecule is CC(C)OC(=O)OCOP(=O)(O)OOCO[C@H](C)Cn1cnc2c(N)ncnc21. The molecule has 0 aliphatic carbocycles. The molecule has 14 nitrogen and oxygen atoms in total. The van der Waals surface area contributed by atoms with E-state index in [1.54, 1.807) is 25.3 Å². The van der Waals surface area contributed by atoms with Crippen molar-refractivity contribution in [2.75, 3.05) is 19.3 Å². The molecule has 15 heteroatoms. The molecule has 2 rings (SSSR count). The predicted molar refractivity (Wildman–Crippen MR) is 95.8 cm³/mol. The van der Waals surface area contributed by atoms with Crippen molar-refractivity contribution in [1.82, 2.24) is 19.5 Å². The molecule has 0 spiro atoms. The summed E-state index contributed by atoms with van der Waals surface area (Å²) < 4.78 is 36.3. The molecule has 2 heterocycles. The lowest BCUT2D eigenvalue weighted by Crippen LogP contribution is -2.18. The first-order valence-electron chi connectivity index (χ1n) is 8.33. The Morgan fingerprint density at radius 1 is 1.28 bits per heavy atom. The van der Waals surface area contributed by atoms with E-state index >= 15 is 0 Å². The Morgan fingerprint density at radius 3 is 2.76 bits per heavy atom. The van der Waals surface area contributed by atoms with Gasteiger partial charge in [0, 0.05) is 0 Å². The van der Waals surface area contributed by atoms with Gasteiger partial charge in [-0.1, -0.05) is 0 Å². The molecule has 162 valence electrons. The van der Waals surface area contributed by atoms with Gasteiger partial charge in [-0.2, -0.15) is 4.89 Å². The Kier molecular flexibility index (Phi) is 8.25. The molecule has 2 atom stereocenters. The fourth-order valence-corrected chi connectivity index (χ4v) is 2.39. The van der Waals surface area contributed by atoms with Crippen LogP contribution in [-0.4, -0.2) is 56.4 Å². The number of fused-ring (bicyclic) bond motifs is 1. The molecule has 3 N–H and O–H groups in total. The molecule has 0 saturated heterocycles. The molecule has 1 unspecified atom stereocenters. The lowest BCUT2D eigenvalue weighted by atomic mass is 10.4. The maximum absolute atomic E-state index is 11.6. The van der Waals surface area contributed by atoms with Crippen LogP contribution in [0.4, 0.5) is 10.6 Å². The number of ether oxygens (including phenoxy) is 3. The number of phosphoric ester groups is 1. The molecule has 0 aliphatic rings. The summed E-state index contributed by atoms with van der Waals surface area (Å²) >= 11 is 0. The molecule has 29 heavy (non-hydrogen) atoms. The Bertz CT molecular complexity index is 861. The minimum absolute atomic E-state index is 0.263. The number of hydrogen-bond acceptors (Lipinski definition) is 12. The molecule has 2 aromatic rings. The lowest BCUT2D eigenvalue weighted by Gasteiger charge is -2.15. The van der Waals surface area contributed by atoms with Gasteiger partial charge >= 0.3 is 14.0 Å². The number of anilines is 1. The van der Waals surface area contributed by atoms with E-state index < -0.39 is 39.8 Å². The molecule has 0 radical (unpaired) electrons. The van der Waals surface area contributed by atoms with Gasteiger partial charge in [-0.25, -0.2) is 28.8 Å². The van der Waals surface area contributed by atoms with E-state index in [4.69, 9.17) is 10.5 Å². The van der Waals surface area contributed by atoms with Crippen molar-refractivity contribution in [3.8, 4) is 0 Å². The van der Waals surface area contributed by atoms with Crippen molar-refractivity contribution >= 4 is 31.0 Å². The van der Waals surface area contributed by atoms with Crippen molar-refractivity contribution in [1.29, 1.82) is 0 Å². The molecule has 0 saturated carbocycles. The number of nitrogen functional groups attached to an aromatic ring is 1. The number of aromatic nitrogens is 4. The van der Waals surface area contributed by atoms with Crippen LogP contribution in [0.25, 0.3) is 11.2 Å². The van der Waals surface area contributed by atoms with E-state index in [-0.39, 0.29) is 5.82 Å². The van der Waals surface area contributed by atoms with E-state index in [1.165, 1.54) is 12.7 Å². The van der Waals surface area contributed by atoms with Gasteiger partial charge < -0.3 is 29.4 Å². The third-order valence-corrected chi connectivity index (χ3v) is 3.88. The number of imidazole rings is 1. The van der Waals surface area contributed by atoms with Gasteiger partial charge in [0.15, 0.2) is 18.3 Å². The van der Waals surface area contributed by atoms with Crippen molar-refractivity contribution in [3.05, 3.63) is 12.7 Å². The summed E-state index contributed by atoms with van der Waals surface area (Å²) in [5.41, 5.74) is 6.73. The number of rotatable bonds is 11. The molecule has 0 amide bonds. The van der Waals surface area contributed by atoms with Gasteiger partial charge in [0.05, 0.1) is 25.1 Å². The second kappa shape index (κ2) is 10.4. The summed E-state index contributed by atoms with van der Waals surface area (Å²) in [7, 11) is -4.62. The first-order valence-corrected chi connectivity index (χ1v) is 9.82. The number of carbonyl (C=O) groups is 1. The second-order valence-corrected chi connectivity index (χ2v) is 7.24. The summed E-state index contributed by atoms with van der Waals surface area (Å²) in [6.07, 6.45) is 0.987. The molecular formula is C14H22N5O9P. The van der Waals surface area contributed by atoms with Crippen LogP contribution < -0.4 is 5.73 Å². The van der Waals surface area contributed by atoms with Gasteiger partial charge in [0.1, 0.15) is 11.8 Å². The van der Waals surface area contributed by atoms with Gasteiger partial charge in [-0.3, -0.25) is 0 Å². The van der Waals surface area contributed by atoms with Crippen LogP contribution >= 0.6 is 7.82 Å². The average molecular weight is 435 g/mol. The predicted octanol–water partition coefficient (Wildman–Crippen LogP) is 1.36. The number of phosphoric acid groups is 1. The largest absolute Gasteiger partial charge is 0.510 e. The Hall–Kier alpha value is -2.35. The van der Waals surface area contributed by atoms with Gasteiger partial charge in [0.2, 0.25) is 6.79 Å². The van der Waals surface area contributed by atoms with Crippen LogP contribution in [-0.2, 0) is 39.4 Å². The van der Waals surface area contributed by atoms with Crippen molar-refractivity contribution in [3.63, 3.8) is 0 Å². The van der Waals surface area contributed by atoms with Gasteiger partial charge in [-0.15, -0.1) is 4.67 Å². The second-order valence-electron chi connectivity index (χ2n) is 5.89. The number of carbonyl (C=O) groups excluding carboxylic acids is 1. The van der Waals surface area contributed by atoms with E-state index in [0.717, 1.165) is 0 Å². The lowest BCUT2D eigenvalue weighted by molar-refractivity contribution is -0.287. The maximum atomic E-state index is 11.6. The standard InChI is InChI=1S/C14H22N5O9P/c1-9(2)27-14(20)24-8-26-29(21,22)28-25-7-23-10(3)4-19-6-18-11-12(15)16-5-17-13(11)19/h5-6,9-10H,4,7-8H2,1-3H3,(H,21,22)(H2,15,16,17)/t10-/m1/s1. The summed E-state index contributed by atoms with van der Waals surface area (Å²) in [4.78, 5) is 37.1. The highest BCUT2D eigenvalue weighted by molar-refractivity contribution is 7.47. The fourth-order valence-electron chi connectivity index (χ4n) is 1.98. The summed E-state index contributed by atoms with van der Waals surface area (Å²) in [5, 5.41) is 0. The molecule has 0 fully saturated rings. The zero-order valence-corrected chi connectivity index (χ0v) is 16.9. The third-order valence-electron chi connectivity index (χ3n) is 3.16. The highest BCUT2D eigenvalue weighted by Crippen LogP contribution is 2.43. The molecular weight excluding hydrogens is 413 g/mol. The van der Waals surface area contributed by atoms with Crippen molar-refractivity contribution < 1.29 is 42.5 Å². The third kappa shape index (κ3) is 7.53. The molecule has 2 aromatic heterocycles. The summed E-state index contributed by atoms with van der Waals surface area (Å²) in [6, 6.07) is 0. The van der Waals surface area contributed by atoms with E-state index in [0.29, 0.717) is 17.7 Å². The Balaban J connectivity index is 1.67. The number of nitrogens with zero attached hydrogens (tertiary/aromatic N) is 4. The Labute approximate surface area is 165 Å². The molecule has 0 bridgehead atoms.